The molecule has 0 bridgehead atoms. The van der Waals surface area contributed by atoms with Gasteiger partial charge in [0.25, 0.3) is 11.1 Å². The lowest BCUT2D eigenvalue weighted by molar-refractivity contribution is -0.385. The largest absolute Gasteiger partial charge is 0.449 e. The molecule has 3 aromatic rings. The van der Waals surface area contributed by atoms with Gasteiger partial charge in [-0.15, -0.1) is 0 Å². The van der Waals surface area contributed by atoms with E-state index in [1.165, 1.54) is 24.3 Å². The molecule has 9 nitrogen and oxygen atoms in total. The van der Waals surface area contributed by atoms with E-state index in [2.05, 4.69) is 21.2 Å². The minimum Gasteiger partial charge on any atom is -0.449 e. The molecule has 41 heavy (non-hydrogen) atoms. The Morgan fingerprint density at radius 2 is 1.76 bits per heavy atom. The zero-order valence-electron chi connectivity index (χ0n) is 21.2. The van der Waals surface area contributed by atoms with Crippen molar-refractivity contribution in [2.45, 2.75) is 20.0 Å². The van der Waals surface area contributed by atoms with Gasteiger partial charge in [0.15, 0.2) is 0 Å². The summed E-state index contributed by atoms with van der Waals surface area (Å²) in [5.41, 5.74) is 0.254. The van der Waals surface area contributed by atoms with E-state index >= 15 is 0 Å². The van der Waals surface area contributed by atoms with E-state index in [0.29, 0.717) is 34.1 Å². The van der Waals surface area contributed by atoms with Gasteiger partial charge in [-0.05, 0) is 73.1 Å². The Kier molecular flexibility index (Phi) is 8.54. The van der Waals surface area contributed by atoms with Gasteiger partial charge in [0.2, 0.25) is 11.7 Å². The summed E-state index contributed by atoms with van der Waals surface area (Å²) in [6.07, 6.45) is -3.51. The number of anilines is 1. The number of hydrogen-bond donors (Lipinski definition) is 1. The molecule has 0 aliphatic carbocycles. The molecule has 1 aliphatic rings. The van der Waals surface area contributed by atoms with E-state index in [0.717, 1.165) is 22.1 Å². The zero-order valence-corrected chi connectivity index (χ0v) is 23.6. The Labute approximate surface area is 243 Å². The smallest absolute Gasteiger partial charge is 0.416 e. The number of nitrogens with zero attached hydrogens (tertiary/aromatic N) is 2. The van der Waals surface area contributed by atoms with Crippen molar-refractivity contribution in [1.29, 1.82) is 0 Å². The van der Waals surface area contributed by atoms with Crippen LogP contribution in [0.25, 0.3) is 6.08 Å². The first kappa shape index (κ1) is 29.8. The molecule has 0 saturated carbocycles. The summed E-state index contributed by atoms with van der Waals surface area (Å²) in [5, 5.41) is 13.5. The lowest BCUT2D eigenvalue weighted by atomic mass is 10.1. The number of nitrogens with one attached hydrogen (secondary N) is 1. The average molecular weight is 650 g/mol. The van der Waals surface area contributed by atoms with Crippen LogP contribution in [0, 0.1) is 24.0 Å². The number of carbonyl (C=O) groups is 3. The maximum Gasteiger partial charge on any atom is 0.416 e. The van der Waals surface area contributed by atoms with Crippen LogP contribution >= 0.6 is 27.7 Å². The summed E-state index contributed by atoms with van der Waals surface area (Å²) in [7, 11) is 0. The van der Waals surface area contributed by atoms with Gasteiger partial charge in [0, 0.05) is 21.8 Å². The molecule has 0 atom stereocenters. The molecule has 1 heterocycles. The molecule has 0 spiro atoms. The van der Waals surface area contributed by atoms with Crippen molar-refractivity contribution in [2.24, 2.45) is 0 Å². The highest BCUT2D eigenvalue weighted by molar-refractivity contribution is 9.10. The second-order valence-corrected chi connectivity index (χ2v) is 10.7. The number of benzene rings is 3. The molecule has 0 unspecified atom stereocenters. The molecule has 3 amide bonds. The Morgan fingerprint density at radius 3 is 2.39 bits per heavy atom. The van der Waals surface area contributed by atoms with Gasteiger partial charge >= 0.3 is 11.9 Å². The molecule has 1 aliphatic heterocycles. The predicted octanol–water partition coefficient (Wildman–Crippen LogP) is 7.46. The molecule has 212 valence electrons. The third-order valence-corrected chi connectivity index (χ3v) is 7.28. The molecule has 1 N–H and O–H groups in total. The normalized spacial score (nSPS) is 14.5. The van der Waals surface area contributed by atoms with Crippen LogP contribution in [0.4, 0.5) is 29.3 Å². The number of rotatable bonds is 7. The van der Waals surface area contributed by atoms with Crippen molar-refractivity contribution in [3.05, 3.63) is 96.3 Å². The first-order valence-electron chi connectivity index (χ1n) is 11.7. The van der Waals surface area contributed by atoms with Crippen LogP contribution in [0.5, 0.6) is 11.5 Å². The number of imide groups is 1. The molecular formula is C27H19BrF3N3O6S. The van der Waals surface area contributed by atoms with Gasteiger partial charge in [-0.25, -0.2) is 0 Å². The fourth-order valence-electron chi connectivity index (χ4n) is 3.88. The maximum atomic E-state index is 13.1. The number of nitro groups is 1. The number of nitro benzene ring substituents is 1. The molecule has 1 fully saturated rings. The van der Waals surface area contributed by atoms with Crippen molar-refractivity contribution in [3.8, 4) is 11.5 Å². The van der Waals surface area contributed by atoms with E-state index in [-0.39, 0.29) is 16.2 Å². The van der Waals surface area contributed by atoms with Crippen LogP contribution in [-0.2, 0) is 15.8 Å². The first-order valence-corrected chi connectivity index (χ1v) is 13.3. The number of alkyl halides is 3. The maximum absolute atomic E-state index is 13.1. The fourth-order valence-corrected chi connectivity index (χ4v) is 5.09. The van der Waals surface area contributed by atoms with Crippen molar-refractivity contribution in [1.82, 2.24) is 4.90 Å². The molecule has 4 rings (SSSR count). The minimum absolute atomic E-state index is 0.0318. The number of amides is 3. The van der Waals surface area contributed by atoms with E-state index < -0.39 is 51.7 Å². The van der Waals surface area contributed by atoms with E-state index in [1.807, 2.05) is 32.0 Å². The highest BCUT2D eigenvalue weighted by atomic mass is 79.9. The summed E-state index contributed by atoms with van der Waals surface area (Å²) < 4.78 is 45.4. The van der Waals surface area contributed by atoms with E-state index in [4.69, 9.17) is 4.74 Å². The number of thioether (sulfide) groups is 1. The molecule has 0 radical (unpaired) electrons. The van der Waals surface area contributed by atoms with Gasteiger partial charge in [-0.3, -0.25) is 29.4 Å². The Hall–Kier alpha value is -4.17. The average Bonchev–Trinajstić information content (AvgIpc) is 3.14. The summed E-state index contributed by atoms with van der Waals surface area (Å²) >= 11 is 3.85. The lowest BCUT2D eigenvalue weighted by Gasteiger charge is -2.15. The molecular weight excluding hydrogens is 631 g/mol. The highest BCUT2D eigenvalue weighted by Crippen LogP contribution is 2.40. The van der Waals surface area contributed by atoms with Crippen LogP contribution in [0.2, 0.25) is 0 Å². The third kappa shape index (κ3) is 6.77. The van der Waals surface area contributed by atoms with Gasteiger partial charge < -0.3 is 10.1 Å². The molecule has 0 aromatic heterocycles. The van der Waals surface area contributed by atoms with E-state index in [1.54, 1.807) is 0 Å². The Morgan fingerprint density at radius 1 is 1.10 bits per heavy atom. The van der Waals surface area contributed by atoms with E-state index in [9.17, 15) is 37.7 Å². The monoisotopic (exact) mass is 649 g/mol. The summed E-state index contributed by atoms with van der Waals surface area (Å²) in [6, 6.07) is 11.7. The SMILES string of the molecule is Cc1cccc(C)c1NC(=O)CN1C(=O)S/C(=C/c2cc(Br)ccc2Oc2ccc(C(F)(F)F)cc2[N+](=O)[O-])C1=O. The number of ether oxygens (including phenoxy) is 1. The van der Waals surface area contributed by atoms with Crippen molar-refractivity contribution < 1.29 is 37.2 Å². The quantitative estimate of drug-likeness (QED) is 0.160. The number of carbonyl (C=O) groups excluding carboxylic acids is 3. The van der Waals surface area contributed by atoms with Gasteiger partial charge in [-0.2, -0.15) is 13.2 Å². The lowest BCUT2D eigenvalue weighted by Crippen LogP contribution is -2.36. The third-order valence-electron chi connectivity index (χ3n) is 5.88. The van der Waals surface area contributed by atoms with Crippen LogP contribution < -0.4 is 10.1 Å². The van der Waals surface area contributed by atoms with Gasteiger partial charge in [-0.1, -0.05) is 34.1 Å². The second-order valence-electron chi connectivity index (χ2n) is 8.80. The number of hydrogen-bond acceptors (Lipinski definition) is 7. The van der Waals surface area contributed by atoms with Crippen molar-refractivity contribution in [3.63, 3.8) is 0 Å². The standard InChI is InChI=1S/C27H19BrF3N3O6S/c1-14-4-3-5-15(2)24(14)32-23(35)13-33-25(36)22(41-26(33)37)11-16-10-18(28)7-9-20(16)40-21-8-6-17(27(29,30)31)12-19(21)34(38)39/h3-12H,13H2,1-2H3,(H,32,35)/b22-11+. The van der Waals surface area contributed by atoms with Crippen LogP contribution in [0.3, 0.4) is 0 Å². The van der Waals surface area contributed by atoms with Crippen LogP contribution in [0.1, 0.15) is 22.3 Å². The predicted molar refractivity (Wildman–Crippen MR) is 150 cm³/mol. The summed E-state index contributed by atoms with van der Waals surface area (Å²) in [4.78, 5) is 49.5. The fraction of sp³-hybridized carbons (Fsp3) is 0.148. The highest BCUT2D eigenvalue weighted by Gasteiger charge is 2.37. The van der Waals surface area contributed by atoms with Crippen molar-refractivity contribution in [2.75, 3.05) is 11.9 Å². The Bertz CT molecular complexity index is 1610. The Balaban J connectivity index is 1.59. The molecule has 1 saturated heterocycles. The van der Waals surface area contributed by atoms with Gasteiger partial charge in [0.1, 0.15) is 12.3 Å². The zero-order chi connectivity index (χ0) is 30.1. The van der Waals surface area contributed by atoms with Crippen LogP contribution in [-0.4, -0.2) is 33.4 Å². The number of aryl methyl sites for hydroxylation is 2. The topological polar surface area (TPSA) is 119 Å². The number of para-hydroxylation sites is 1. The van der Waals surface area contributed by atoms with Crippen molar-refractivity contribution >= 4 is 62.2 Å². The minimum atomic E-state index is -4.80. The summed E-state index contributed by atoms with van der Waals surface area (Å²) in [5.74, 6) is -1.82. The number of halogens is 4. The second kappa shape index (κ2) is 11.7. The molecule has 3 aromatic carbocycles. The summed E-state index contributed by atoms with van der Waals surface area (Å²) in [6.45, 7) is 3.08. The van der Waals surface area contributed by atoms with Crippen LogP contribution in [0.15, 0.2) is 64.0 Å². The first-order chi connectivity index (χ1) is 19.2. The molecule has 14 heteroatoms. The van der Waals surface area contributed by atoms with Gasteiger partial charge in [0.05, 0.1) is 15.4 Å².